The van der Waals surface area contributed by atoms with Gasteiger partial charge in [-0.1, -0.05) is 13.3 Å². The summed E-state index contributed by atoms with van der Waals surface area (Å²) in [5.74, 6) is 0. The summed E-state index contributed by atoms with van der Waals surface area (Å²) in [6, 6.07) is 0. The zero-order valence-electron chi connectivity index (χ0n) is 8.66. The van der Waals surface area contributed by atoms with Crippen LogP contribution in [0.2, 0.25) is 0 Å². The van der Waals surface area contributed by atoms with Crippen LogP contribution in [-0.2, 0) is 4.74 Å². The fraction of sp³-hybridized carbons (Fsp3) is 0.900. The fourth-order valence-electron chi connectivity index (χ4n) is 1.59. The van der Waals surface area contributed by atoms with Crippen LogP contribution in [0.15, 0.2) is 0 Å². The molecule has 0 aromatic carbocycles. The molecule has 2 N–H and O–H groups in total. The van der Waals surface area contributed by atoms with E-state index >= 15 is 0 Å². The molecule has 0 aliphatic heterocycles. The molecule has 0 radical (unpaired) electrons. The van der Waals surface area contributed by atoms with E-state index in [4.69, 9.17) is 4.74 Å². The van der Waals surface area contributed by atoms with Crippen LogP contribution in [0.5, 0.6) is 0 Å². The van der Waals surface area contributed by atoms with Gasteiger partial charge in [0.25, 0.3) is 0 Å². The third-order valence-electron chi connectivity index (χ3n) is 2.48. The Hall–Kier alpha value is -0.770. The van der Waals surface area contributed by atoms with Crippen LogP contribution in [0.25, 0.3) is 0 Å². The van der Waals surface area contributed by atoms with Gasteiger partial charge in [-0.05, 0) is 25.7 Å². The van der Waals surface area contributed by atoms with Crippen molar-refractivity contribution in [2.45, 2.75) is 51.2 Å². The van der Waals surface area contributed by atoms with Crippen LogP contribution < -0.4 is 5.32 Å². The number of carbonyl (C=O) groups is 1. The highest BCUT2D eigenvalue weighted by molar-refractivity contribution is 5.67. The van der Waals surface area contributed by atoms with Crippen molar-refractivity contribution < 1.29 is 14.6 Å². The Morgan fingerprint density at radius 3 is 2.93 bits per heavy atom. The molecule has 82 valence electrons. The third kappa shape index (κ3) is 3.54. The van der Waals surface area contributed by atoms with E-state index in [0.717, 1.165) is 32.1 Å². The minimum Gasteiger partial charge on any atom is -0.443 e. The molecule has 14 heavy (non-hydrogen) atoms. The van der Waals surface area contributed by atoms with Gasteiger partial charge < -0.3 is 15.2 Å². The second-order valence-corrected chi connectivity index (χ2v) is 3.72. The smallest absolute Gasteiger partial charge is 0.407 e. The Morgan fingerprint density at radius 2 is 2.36 bits per heavy atom. The first-order chi connectivity index (χ1) is 6.74. The standard InChI is InChI=1S/C10H19NO3/c1-2-3-7-11-10(13)14-9-6-4-5-8(9)12/h8-9,12H,2-7H2,1H3,(H,11,13)/t8-,9+/m1/s1. The van der Waals surface area contributed by atoms with Gasteiger partial charge in [0.05, 0.1) is 6.10 Å². The summed E-state index contributed by atoms with van der Waals surface area (Å²) in [4.78, 5) is 11.2. The first kappa shape index (κ1) is 11.3. The summed E-state index contributed by atoms with van der Waals surface area (Å²) in [6.07, 6.45) is 3.31. The predicted octanol–water partition coefficient (Wildman–Crippen LogP) is 1.43. The normalized spacial score (nSPS) is 26.1. The lowest BCUT2D eigenvalue weighted by atomic mass is 10.3. The molecule has 0 aromatic rings. The third-order valence-corrected chi connectivity index (χ3v) is 2.48. The van der Waals surface area contributed by atoms with Crippen LogP contribution >= 0.6 is 0 Å². The summed E-state index contributed by atoms with van der Waals surface area (Å²) < 4.78 is 5.07. The zero-order valence-corrected chi connectivity index (χ0v) is 8.66. The minimum absolute atomic E-state index is 0.295. The molecule has 1 rings (SSSR count). The lowest BCUT2D eigenvalue weighted by molar-refractivity contribution is 0.0224. The van der Waals surface area contributed by atoms with Gasteiger partial charge in [0.15, 0.2) is 0 Å². The maximum atomic E-state index is 11.2. The van der Waals surface area contributed by atoms with Crippen LogP contribution in [-0.4, -0.2) is 30.0 Å². The molecule has 0 heterocycles. The van der Waals surface area contributed by atoms with E-state index < -0.39 is 12.2 Å². The molecular formula is C10H19NO3. The maximum Gasteiger partial charge on any atom is 0.407 e. The SMILES string of the molecule is CCCCNC(=O)O[C@H]1CCC[C@H]1O. The van der Waals surface area contributed by atoms with E-state index in [-0.39, 0.29) is 6.10 Å². The molecule has 0 unspecified atom stereocenters. The van der Waals surface area contributed by atoms with Crippen molar-refractivity contribution >= 4 is 6.09 Å². The maximum absolute atomic E-state index is 11.2. The number of hydrogen-bond acceptors (Lipinski definition) is 3. The van der Waals surface area contributed by atoms with Gasteiger partial charge in [0.1, 0.15) is 6.10 Å². The highest BCUT2D eigenvalue weighted by atomic mass is 16.6. The van der Waals surface area contributed by atoms with E-state index in [1.807, 2.05) is 0 Å². The van der Waals surface area contributed by atoms with E-state index in [1.54, 1.807) is 0 Å². The molecule has 1 aliphatic rings. The van der Waals surface area contributed by atoms with Gasteiger partial charge in [-0.3, -0.25) is 0 Å². The van der Waals surface area contributed by atoms with Crippen molar-refractivity contribution in [3.05, 3.63) is 0 Å². The number of aliphatic hydroxyl groups is 1. The molecule has 4 heteroatoms. The topological polar surface area (TPSA) is 58.6 Å². The average Bonchev–Trinajstić information content (AvgIpc) is 2.52. The molecular weight excluding hydrogens is 182 g/mol. The summed E-state index contributed by atoms with van der Waals surface area (Å²) in [7, 11) is 0. The van der Waals surface area contributed by atoms with Crippen molar-refractivity contribution in [2.24, 2.45) is 0 Å². The van der Waals surface area contributed by atoms with Crippen molar-refractivity contribution in [1.29, 1.82) is 0 Å². The first-order valence-corrected chi connectivity index (χ1v) is 5.36. The van der Waals surface area contributed by atoms with Gasteiger partial charge in [-0.25, -0.2) is 4.79 Å². The second-order valence-electron chi connectivity index (χ2n) is 3.72. The van der Waals surface area contributed by atoms with Gasteiger partial charge >= 0.3 is 6.09 Å². The number of unbranched alkanes of at least 4 members (excludes halogenated alkanes) is 1. The Bertz CT molecular complexity index is 184. The zero-order chi connectivity index (χ0) is 10.4. The van der Waals surface area contributed by atoms with Crippen molar-refractivity contribution in [2.75, 3.05) is 6.54 Å². The lowest BCUT2D eigenvalue weighted by Crippen LogP contribution is -2.33. The first-order valence-electron chi connectivity index (χ1n) is 5.36. The van der Waals surface area contributed by atoms with Gasteiger partial charge in [-0.2, -0.15) is 0 Å². The molecule has 2 atom stereocenters. The molecule has 0 bridgehead atoms. The van der Waals surface area contributed by atoms with E-state index in [2.05, 4.69) is 12.2 Å². The molecule has 1 saturated carbocycles. The lowest BCUT2D eigenvalue weighted by Gasteiger charge is -2.15. The van der Waals surface area contributed by atoms with Crippen LogP contribution in [0.1, 0.15) is 39.0 Å². The molecule has 0 aromatic heterocycles. The number of aliphatic hydroxyl groups excluding tert-OH is 1. The number of rotatable bonds is 4. The molecule has 0 saturated heterocycles. The van der Waals surface area contributed by atoms with E-state index in [9.17, 15) is 9.90 Å². The largest absolute Gasteiger partial charge is 0.443 e. The summed E-state index contributed by atoms with van der Waals surface area (Å²) in [5, 5.41) is 12.1. The van der Waals surface area contributed by atoms with Crippen molar-refractivity contribution in [3.8, 4) is 0 Å². The highest BCUT2D eigenvalue weighted by Gasteiger charge is 2.28. The summed E-state index contributed by atoms with van der Waals surface area (Å²) >= 11 is 0. The van der Waals surface area contributed by atoms with Gasteiger partial charge in [-0.15, -0.1) is 0 Å². The molecule has 0 spiro atoms. The monoisotopic (exact) mass is 201 g/mol. The Balaban J connectivity index is 2.13. The minimum atomic E-state index is -0.466. The fourth-order valence-corrected chi connectivity index (χ4v) is 1.59. The Morgan fingerprint density at radius 1 is 1.57 bits per heavy atom. The van der Waals surface area contributed by atoms with E-state index in [1.165, 1.54) is 0 Å². The number of alkyl carbamates (subject to hydrolysis) is 1. The number of ether oxygens (including phenoxy) is 1. The van der Waals surface area contributed by atoms with Gasteiger partial charge in [0.2, 0.25) is 0 Å². The Labute approximate surface area is 84.6 Å². The van der Waals surface area contributed by atoms with Gasteiger partial charge in [0, 0.05) is 6.54 Å². The summed E-state index contributed by atoms with van der Waals surface area (Å²) in [6.45, 7) is 2.71. The van der Waals surface area contributed by atoms with Crippen molar-refractivity contribution in [1.82, 2.24) is 5.32 Å². The van der Waals surface area contributed by atoms with Crippen LogP contribution in [0.4, 0.5) is 4.79 Å². The van der Waals surface area contributed by atoms with E-state index in [0.29, 0.717) is 6.54 Å². The number of carbonyl (C=O) groups excluding carboxylic acids is 1. The number of nitrogens with one attached hydrogen (secondary N) is 1. The highest BCUT2D eigenvalue weighted by Crippen LogP contribution is 2.21. The molecule has 1 aliphatic carbocycles. The molecule has 4 nitrogen and oxygen atoms in total. The molecule has 1 amide bonds. The second kappa shape index (κ2) is 5.86. The number of hydrogen-bond donors (Lipinski definition) is 2. The van der Waals surface area contributed by atoms with Crippen LogP contribution in [0.3, 0.4) is 0 Å². The summed E-state index contributed by atoms with van der Waals surface area (Å²) in [5.41, 5.74) is 0. The van der Waals surface area contributed by atoms with Crippen LogP contribution in [0, 0.1) is 0 Å². The quantitative estimate of drug-likeness (QED) is 0.676. The van der Waals surface area contributed by atoms with Crippen molar-refractivity contribution in [3.63, 3.8) is 0 Å². The number of amides is 1. The predicted molar refractivity (Wildman–Crippen MR) is 53.0 cm³/mol. The average molecular weight is 201 g/mol. The Kier molecular flexibility index (Phi) is 4.73. The molecule has 1 fully saturated rings.